The number of carbonyl (C=O) groups excluding carboxylic acids is 7. The molecule has 2 heterocycles. The van der Waals surface area contributed by atoms with Crippen molar-refractivity contribution in [2.45, 2.75) is 94.8 Å². The summed E-state index contributed by atoms with van der Waals surface area (Å²) in [5.41, 5.74) is 18.8. The third-order valence-corrected chi connectivity index (χ3v) is 10.6. The zero-order valence-electron chi connectivity index (χ0n) is 34.5. The van der Waals surface area contributed by atoms with Gasteiger partial charge in [0.25, 0.3) is 0 Å². The van der Waals surface area contributed by atoms with Gasteiger partial charge in [-0.2, -0.15) is 0 Å². The lowest BCUT2D eigenvalue weighted by Crippen LogP contribution is -2.59. The van der Waals surface area contributed by atoms with Crippen LogP contribution in [0.25, 0.3) is 0 Å². The summed E-state index contributed by atoms with van der Waals surface area (Å²) in [7, 11) is 0. The number of carbonyl (C=O) groups is 7. The van der Waals surface area contributed by atoms with Crippen LogP contribution in [0, 0.1) is 0 Å². The van der Waals surface area contributed by atoms with Crippen molar-refractivity contribution in [2.24, 2.45) is 22.2 Å². The van der Waals surface area contributed by atoms with Gasteiger partial charge in [0.2, 0.25) is 29.5 Å². The molecule has 9 N–H and O–H groups in total. The molecule has 2 aliphatic rings. The van der Waals surface area contributed by atoms with E-state index in [9.17, 15) is 33.6 Å². The minimum atomic E-state index is -1.49. The van der Waals surface area contributed by atoms with Crippen LogP contribution in [0.5, 0.6) is 0 Å². The van der Waals surface area contributed by atoms with Crippen LogP contribution in [-0.4, -0.2) is 107 Å². The second kappa shape index (κ2) is 23.1. The van der Waals surface area contributed by atoms with Gasteiger partial charge in [0, 0.05) is 26.1 Å². The molecule has 0 aliphatic carbocycles. The molecule has 3 aromatic rings. The van der Waals surface area contributed by atoms with Crippen LogP contribution in [0.2, 0.25) is 0 Å². The van der Waals surface area contributed by atoms with E-state index in [1.165, 1.54) is 9.80 Å². The lowest BCUT2D eigenvalue weighted by Gasteiger charge is -2.32. The first kappa shape index (κ1) is 46.1. The van der Waals surface area contributed by atoms with Crippen molar-refractivity contribution in [3.8, 4) is 0 Å². The number of ether oxygens (including phenoxy) is 2. The van der Waals surface area contributed by atoms with Crippen molar-refractivity contribution < 1.29 is 43.0 Å². The number of nitrogens with zero attached hydrogens (tertiary/aromatic N) is 3. The number of amides is 6. The van der Waals surface area contributed by atoms with Gasteiger partial charge in [0.1, 0.15) is 43.4 Å². The fourth-order valence-electron chi connectivity index (χ4n) is 7.45. The van der Waals surface area contributed by atoms with Crippen molar-refractivity contribution >= 4 is 47.6 Å². The number of nitrogens with two attached hydrogens (primary N) is 3. The predicted octanol–water partition coefficient (Wildman–Crippen LogP) is 1.15. The van der Waals surface area contributed by atoms with Crippen LogP contribution in [0.1, 0.15) is 61.6 Å². The van der Waals surface area contributed by atoms with Crippen LogP contribution in [0.4, 0.5) is 4.79 Å². The first-order chi connectivity index (χ1) is 29.9. The minimum absolute atomic E-state index is 0.0432. The molecule has 2 fully saturated rings. The van der Waals surface area contributed by atoms with Crippen molar-refractivity contribution in [2.75, 3.05) is 19.6 Å². The zero-order chi connectivity index (χ0) is 44.4. The number of guanidine groups is 1. The average molecular weight is 854 g/mol. The van der Waals surface area contributed by atoms with Gasteiger partial charge in [-0.05, 0) is 55.2 Å². The Morgan fingerprint density at radius 2 is 1.11 bits per heavy atom. The Morgan fingerprint density at radius 3 is 1.63 bits per heavy atom. The van der Waals surface area contributed by atoms with Crippen molar-refractivity contribution in [3.63, 3.8) is 0 Å². The topological polar surface area (TPSA) is 271 Å². The molecule has 18 nitrogen and oxygen atoms in total. The van der Waals surface area contributed by atoms with Gasteiger partial charge in [-0.25, -0.2) is 4.79 Å². The number of hydrogen-bond acceptors (Lipinski definition) is 10. The molecular weight excluding hydrogens is 799 g/mol. The fourth-order valence-corrected chi connectivity index (χ4v) is 7.45. The van der Waals surface area contributed by atoms with E-state index in [1.807, 2.05) is 18.2 Å². The van der Waals surface area contributed by atoms with Gasteiger partial charge in [-0.1, -0.05) is 91.0 Å². The Bertz CT molecular complexity index is 2030. The average Bonchev–Trinajstić information content (AvgIpc) is 3.98. The number of nitrogens with one attached hydrogen (secondary N) is 3. The summed E-state index contributed by atoms with van der Waals surface area (Å²) < 4.78 is 10.9. The maximum Gasteiger partial charge on any atom is 0.408 e. The summed E-state index contributed by atoms with van der Waals surface area (Å²) in [5, 5.41) is 8.01. The molecule has 0 unspecified atom stereocenters. The van der Waals surface area contributed by atoms with E-state index in [2.05, 4.69) is 20.9 Å². The third-order valence-electron chi connectivity index (χ3n) is 10.6. The van der Waals surface area contributed by atoms with Crippen LogP contribution >= 0.6 is 0 Å². The second-order valence-corrected chi connectivity index (χ2v) is 15.2. The van der Waals surface area contributed by atoms with E-state index in [0.29, 0.717) is 24.8 Å². The first-order valence-electron chi connectivity index (χ1n) is 20.7. The molecule has 18 heteroatoms. The van der Waals surface area contributed by atoms with E-state index in [0.717, 1.165) is 11.1 Å². The largest absolute Gasteiger partial charge is 0.461 e. The van der Waals surface area contributed by atoms with Crippen LogP contribution in [0.3, 0.4) is 0 Å². The summed E-state index contributed by atoms with van der Waals surface area (Å²) in [6.45, 7) is 0.336. The highest BCUT2D eigenvalue weighted by atomic mass is 16.5. The summed E-state index contributed by atoms with van der Waals surface area (Å²) in [6, 6.07) is 21.1. The number of alkyl carbamates (subject to hydrolysis) is 1. The highest BCUT2D eigenvalue weighted by Crippen LogP contribution is 2.23. The second-order valence-electron chi connectivity index (χ2n) is 15.2. The molecule has 62 heavy (non-hydrogen) atoms. The van der Waals surface area contributed by atoms with Crippen LogP contribution in [-0.2, 0) is 57.9 Å². The minimum Gasteiger partial charge on any atom is -0.461 e. The molecule has 2 saturated heterocycles. The molecule has 5 rings (SSSR count). The highest BCUT2D eigenvalue weighted by molar-refractivity contribution is 5.98. The van der Waals surface area contributed by atoms with Crippen LogP contribution < -0.4 is 33.2 Å². The molecule has 330 valence electrons. The molecule has 5 atom stereocenters. The molecule has 0 bridgehead atoms. The van der Waals surface area contributed by atoms with E-state index >= 15 is 0 Å². The Kier molecular flexibility index (Phi) is 17.2. The standard InChI is InChI=1S/C44H55N9O9/c45-38(55)33(25-29-13-4-1-5-14-29)49-39(56)35-20-12-24-53(35)42(59)34(26-37(54)61-27-30-15-6-2-7-16-30)50-40(57)36-21-11-23-52(36)41(58)32(19-10-22-48-43(46)47)51-44(60)62-28-31-17-8-3-9-18-31/h1-9,13-18,32-36H,10-12,19-28H2,(H2,45,55)(H,49,56)(H,50,57)(H,51,60)(H4,46,47,48)/t32-,33-,34-,35-,36-/m0/s1. The Labute approximate surface area is 359 Å². The number of hydrogen-bond donors (Lipinski definition) is 6. The Morgan fingerprint density at radius 1 is 0.629 bits per heavy atom. The monoisotopic (exact) mass is 853 g/mol. The van der Waals surface area contributed by atoms with E-state index in [4.69, 9.17) is 26.7 Å². The van der Waals surface area contributed by atoms with E-state index < -0.39 is 78.2 Å². The first-order valence-corrected chi connectivity index (χ1v) is 20.7. The number of benzene rings is 3. The maximum atomic E-state index is 14.4. The normalized spacial score (nSPS) is 17.2. The predicted molar refractivity (Wildman–Crippen MR) is 227 cm³/mol. The van der Waals surface area contributed by atoms with Gasteiger partial charge in [0.05, 0.1) is 6.42 Å². The molecule has 0 saturated carbocycles. The van der Waals surface area contributed by atoms with Gasteiger partial charge in [0.15, 0.2) is 5.96 Å². The molecule has 3 aromatic carbocycles. The molecule has 6 amide bonds. The molecule has 0 spiro atoms. The van der Waals surface area contributed by atoms with Gasteiger partial charge in [-0.15, -0.1) is 0 Å². The quantitative estimate of drug-likeness (QED) is 0.0406. The SMILES string of the molecule is NC(=O)[C@H](Cc1ccccc1)NC(=O)[C@@H]1CCCN1C(=O)[C@H](CC(=O)OCc1ccccc1)NC(=O)[C@@H]1CCCN1C(=O)[C@H](CCCN=C(N)N)NC(=O)OCc1ccccc1. The van der Waals surface area contributed by atoms with Gasteiger partial charge < -0.3 is 52.4 Å². The number of primary amides is 1. The van der Waals surface area contributed by atoms with Crippen molar-refractivity contribution in [3.05, 3.63) is 108 Å². The number of aliphatic imine (C=N–C) groups is 1. The molecule has 0 radical (unpaired) electrons. The van der Waals surface area contributed by atoms with Gasteiger partial charge >= 0.3 is 12.1 Å². The smallest absolute Gasteiger partial charge is 0.408 e. The highest BCUT2D eigenvalue weighted by Gasteiger charge is 2.42. The maximum absolute atomic E-state index is 14.4. The number of esters is 1. The summed E-state index contributed by atoms with van der Waals surface area (Å²) >= 11 is 0. The Hall–Kier alpha value is -6.98. The molecule has 0 aromatic heterocycles. The van der Waals surface area contributed by atoms with Crippen molar-refractivity contribution in [1.29, 1.82) is 0 Å². The Balaban J connectivity index is 1.31. The van der Waals surface area contributed by atoms with Gasteiger partial charge in [-0.3, -0.25) is 33.8 Å². The van der Waals surface area contributed by atoms with Crippen molar-refractivity contribution in [1.82, 2.24) is 25.8 Å². The van der Waals surface area contributed by atoms with E-state index in [1.54, 1.807) is 72.8 Å². The number of rotatable bonds is 20. The van der Waals surface area contributed by atoms with E-state index in [-0.39, 0.29) is 64.5 Å². The lowest BCUT2D eigenvalue weighted by atomic mass is 10.0. The van der Waals surface area contributed by atoms with Crippen LogP contribution in [0.15, 0.2) is 96.0 Å². The number of likely N-dealkylation sites (tertiary alicyclic amines) is 2. The summed E-state index contributed by atoms with van der Waals surface area (Å²) in [6.07, 6.45) is 0.450. The molecular formula is C44H55N9O9. The lowest BCUT2D eigenvalue weighted by molar-refractivity contribution is -0.150. The summed E-state index contributed by atoms with van der Waals surface area (Å²) in [4.78, 5) is 102. The zero-order valence-corrected chi connectivity index (χ0v) is 34.5. The summed E-state index contributed by atoms with van der Waals surface area (Å²) in [5.74, 6) is -4.29. The molecule has 2 aliphatic heterocycles. The third kappa shape index (κ3) is 13.8. The fraction of sp³-hybridized carbons (Fsp3) is 0.409.